The maximum Gasteiger partial charge on any atom is 0.306 e. The first-order valence-electron chi connectivity index (χ1n) is 7.88. The highest BCUT2D eigenvalue weighted by Crippen LogP contribution is 2.33. The number of nitrogens with zero attached hydrogens (tertiary/aromatic N) is 4. The molecular weight excluding hydrogens is 352 g/mol. The van der Waals surface area contributed by atoms with Gasteiger partial charge in [0.25, 0.3) is 0 Å². The van der Waals surface area contributed by atoms with E-state index in [1.807, 2.05) is 30.3 Å². The molecule has 0 atom stereocenters. The largest absolute Gasteiger partial charge is 0.469 e. The van der Waals surface area contributed by atoms with Crippen molar-refractivity contribution in [1.29, 1.82) is 0 Å². The van der Waals surface area contributed by atoms with Crippen LogP contribution in [-0.2, 0) is 14.3 Å². The second-order valence-electron chi connectivity index (χ2n) is 5.27. The van der Waals surface area contributed by atoms with Crippen LogP contribution in [0.1, 0.15) is 12.8 Å². The van der Waals surface area contributed by atoms with E-state index >= 15 is 0 Å². The average Bonchev–Trinajstić information content (AvgIpc) is 3.17. The molecular formula is C18H16N4O3S. The molecule has 8 heteroatoms. The number of ether oxygens (including phenoxy) is 1. The molecule has 26 heavy (non-hydrogen) atoms. The second-order valence-corrected chi connectivity index (χ2v) is 6.23. The Kier molecular flexibility index (Phi) is 5.65. The summed E-state index contributed by atoms with van der Waals surface area (Å²) < 4.78 is 4.61. The number of methoxy groups -OCH3 is 1. The summed E-state index contributed by atoms with van der Waals surface area (Å²) in [5.41, 5.74) is 1.49. The van der Waals surface area contributed by atoms with Crippen LogP contribution in [0.4, 0.5) is 10.8 Å². The van der Waals surface area contributed by atoms with Crippen molar-refractivity contribution in [2.75, 3.05) is 12.0 Å². The molecule has 0 radical (unpaired) electrons. The molecule has 0 bridgehead atoms. The van der Waals surface area contributed by atoms with E-state index in [4.69, 9.17) is 0 Å². The lowest BCUT2D eigenvalue weighted by Gasteiger charge is -2.19. The lowest BCUT2D eigenvalue weighted by molar-refractivity contribution is -0.141. The summed E-state index contributed by atoms with van der Waals surface area (Å²) >= 11 is 1.28. The lowest BCUT2D eigenvalue weighted by atomic mass is 10.2. The van der Waals surface area contributed by atoms with Crippen molar-refractivity contribution in [2.45, 2.75) is 12.8 Å². The van der Waals surface area contributed by atoms with Gasteiger partial charge in [0.2, 0.25) is 11.0 Å². The highest BCUT2D eigenvalue weighted by Gasteiger charge is 2.23. The predicted octanol–water partition coefficient (Wildman–Crippen LogP) is 3.22. The molecule has 0 N–H and O–H groups in total. The summed E-state index contributed by atoms with van der Waals surface area (Å²) in [5.74, 6) is -0.685. The van der Waals surface area contributed by atoms with E-state index in [1.165, 1.54) is 23.3 Å². The van der Waals surface area contributed by atoms with Crippen molar-refractivity contribution in [3.8, 4) is 10.6 Å². The van der Waals surface area contributed by atoms with Crippen LogP contribution < -0.4 is 4.90 Å². The van der Waals surface area contributed by atoms with Gasteiger partial charge in [0, 0.05) is 24.4 Å². The summed E-state index contributed by atoms with van der Waals surface area (Å²) in [6.07, 6.45) is 3.39. The van der Waals surface area contributed by atoms with Gasteiger partial charge in [-0.05, 0) is 24.3 Å². The van der Waals surface area contributed by atoms with Gasteiger partial charge in [0.15, 0.2) is 5.01 Å². The minimum absolute atomic E-state index is 0.00688. The molecule has 0 aliphatic heterocycles. The molecule has 0 fully saturated rings. The minimum atomic E-state index is -0.431. The van der Waals surface area contributed by atoms with E-state index in [2.05, 4.69) is 19.9 Å². The SMILES string of the molecule is COC(=O)CCC(=O)N(c1ccccc1)c1nnc(-c2cccnc2)s1. The Morgan fingerprint density at radius 1 is 1.08 bits per heavy atom. The third-order valence-corrected chi connectivity index (χ3v) is 4.51. The zero-order valence-electron chi connectivity index (χ0n) is 14.0. The molecule has 3 aromatic rings. The molecule has 0 unspecified atom stereocenters. The van der Waals surface area contributed by atoms with Crippen LogP contribution in [0.5, 0.6) is 0 Å². The maximum absolute atomic E-state index is 12.8. The number of amides is 1. The molecule has 2 heterocycles. The van der Waals surface area contributed by atoms with Gasteiger partial charge in [-0.1, -0.05) is 29.5 Å². The van der Waals surface area contributed by atoms with Gasteiger partial charge in [-0.3, -0.25) is 19.5 Å². The first-order chi connectivity index (χ1) is 12.7. The summed E-state index contributed by atoms with van der Waals surface area (Å²) in [7, 11) is 1.30. The molecule has 0 aliphatic carbocycles. The zero-order chi connectivity index (χ0) is 18.4. The van der Waals surface area contributed by atoms with Gasteiger partial charge >= 0.3 is 5.97 Å². The normalized spacial score (nSPS) is 10.3. The van der Waals surface area contributed by atoms with E-state index in [-0.39, 0.29) is 18.7 Å². The van der Waals surface area contributed by atoms with Gasteiger partial charge < -0.3 is 4.74 Å². The maximum atomic E-state index is 12.8. The highest BCUT2D eigenvalue weighted by atomic mass is 32.1. The first-order valence-corrected chi connectivity index (χ1v) is 8.69. The Morgan fingerprint density at radius 2 is 1.88 bits per heavy atom. The quantitative estimate of drug-likeness (QED) is 0.621. The van der Waals surface area contributed by atoms with E-state index in [0.717, 1.165) is 5.56 Å². The van der Waals surface area contributed by atoms with Gasteiger partial charge in [-0.15, -0.1) is 10.2 Å². The molecule has 7 nitrogen and oxygen atoms in total. The Bertz CT molecular complexity index is 884. The number of para-hydroxylation sites is 1. The van der Waals surface area contributed by atoms with Crippen LogP contribution in [0.15, 0.2) is 54.9 Å². The topological polar surface area (TPSA) is 85.3 Å². The van der Waals surface area contributed by atoms with Crippen LogP contribution in [0.3, 0.4) is 0 Å². The number of carbonyl (C=O) groups excluding carboxylic acids is 2. The number of hydrogen-bond donors (Lipinski definition) is 0. The minimum Gasteiger partial charge on any atom is -0.469 e. The van der Waals surface area contributed by atoms with Crippen LogP contribution in [0.25, 0.3) is 10.6 Å². The van der Waals surface area contributed by atoms with Crippen molar-refractivity contribution < 1.29 is 14.3 Å². The Hall–Kier alpha value is -3.13. The molecule has 0 saturated heterocycles. The summed E-state index contributed by atoms with van der Waals surface area (Å²) in [4.78, 5) is 29.7. The van der Waals surface area contributed by atoms with E-state index in [0.29, 0.717) is 15.8 Å². The number of pyridine rings is 1. The molecule has 0 spiro atoms. The molecule has 132 valence electrons. The fourth-order valence-electron chi connectivity index (χ4n) is 2.27. The van der Waals surface area contributed by atoms with Gasteiger partial charge in [-0.2, -0.15) is 0 Å². The summed E-state index contributed by atoms with van der Waals surface area (Å²) in [6, 6.07) is 12.8. The number of rotatable bonds is 6. The molecule has 3 rings (SSSR count). The fourth-order valence-corrected chi connectivity index (χ4v) is 3.15. The first kappa shape index (κ1) is 17.7. The second kappa shape index (κ2) is 8.30. The number of anilines is 2. The predicted molar refractivity (Wildman–Crippen MR) is 98.0 cm³/mol. The molecule has 0 aliphatic rings. The monoisotopic (exact) mass is 368 g/mol. The number of benzene rings is 1. The van der Waals surface area contributed by atoms with Gasteiger partial charge in [0.1, 0.15) is 0 Å². The van der Waals surface area contributed by atoms with Gasteiger partial charge in [-0.25, -0.2) is 0 Å². The summed E-state index contributed by atoms with van der Waals surface area (Å²) in [6.45, 7) is 0. The Labute approximate surface area is 154 Å². The van der Waals surface area contributed by atoms with Crippen molar-refractivity contribution in [1.82, 2.24) is 15.2 Å². The van der Waals surface area contributed by atoms with Crippen molar-refractivity contribution in [2.24, 2.45) is 0 Å². The van der Waals surface area contributed by atoms with Crippen LogP contribution in [-0.4, -0.2) is 34.2 Å². The Morgan fingerprint density at radius 3 is 2.58 bits per heavy atom. The molecule has 1 aromatic carbocycles. The van der Waals surface area contributed by atoms with Crippen molar-refractivity contribution >= 4 is 34.0 Å². The van der Waals surface area contributed by atoms with Crippen molar-refractivity contribution in [3.63, 3.8) is 0 Å². The van der Waals surface area contributed by atoms with Crippen LogP contribution >= 0.6 is 11.3 Å². The summed E-state index contributed by atoms with van der Waals surface area (Å²) in [5, 5.41) is 9.43. The number of hydrogen-bond acceptors (Lipinski definition) is 7. The average molecular weight is 368 g/mol. The zero-order valence-corrected chi connectivity index (χ0v) is 14.8. The van der Waals surface area contributed by atoms with E-state index < -0.39 is 5.97 Å². The lowest BCUT2D eigenvalue weighted by Crippen LogP contribution is -2.26. The van der Waals surface area contributed by atoms with E-state index in [1.54, 1.807) is 24.5 Å². The number of esters is 1. The Balaban J connectivity index is 1.90. The molecule has 2 aromatic heterocycles. The fraction of sp³-hybridized carbons (Fsp3) is 0.167. The van der Waals surface area contributed by atoms with E-state index in [9.17, 15) is 9.59 Å². The standard InChI is InChI=1S/C18H16N4O3S/c1-25-16(24)10-9-15(23)22(14-7-3-2-4-8-14)18-21-20-17(26-18)13-6-5-11-19-12-13/h2-8,11-12H,9-10H2,1H3. The highest BCUT2D eigenvalue weighted by molar-refractivity contribution is 7.18. The third-order valence-electron chi connectivity index (χ3n) is 3.55. The number of aromatic nitrogens is 3. The number of carbonyl (C=O) groups is 2. The van der Waals surface area contributed by atoms with Gasteiger partial charge in [0.05, 0.1) is 19.2 Å². The molecule has 1 amide bonds. The van der Waals surface area contributed by atoms with Crippen molar-refractivity contribution in [3.05, 3.63) is 54.9 Å². The third kappa shape index (κ3) is 4.09. The van der Waals surface area contributed by atoms with Crippen LogP contribution in [0.2, 0.25) is 0 Å². The van der Waals surface area contributed by atoms with Crippen LogP contribution in [0, 0.1) is 0 Å². The smallest absolute Gasteiger partial charge is 0.306 e. The molecule has 0 saturated carbocycles.